The van der Waals surface area contributed by atoms with E-state index in [4.69, 9.17) is 4.74 Å². The van der Waals surface area contributed by atoms with Crippen LogP contribution in [-0.2, 0) is 4.79 Å². The molecule has 0 spiro atoms. The molecule has 0 fully saturated rings. The number of carbonyl (C=O) groups excluding carboxylic acids is 1. The third-order valence-electron chi connectivity index (χ3n) is 2.48. The van der Waals surface area contributed by atoms with E-state index in [1.807, 2.05) is 5.32 Å². The number of para-hydroxylation sites is 1. The molecular formula is C14H9F4NO2. The first-order chi connectivity index (χ1) is 9.97. The zero-order chi connectivity index (χ0) is 15.4. The topological polar surface area (TPSA) is 38.3 Å². The maximum absolute atomic E-state index is 13.3. The van der Waals surface area contributed by atoms with E-state index in [9.17, 15) is 22.4 Å². The first-order valence-corrected chi connectivity index (χ1v) is 5.79. The monoisotopic (exact) mass is 299 g/mol. The van der Waals surface area contributed by atoms with Crippen LogP contribution in [0, 0.1) is 23.3 Å². The highest BCUT2D eigenvalue weighted by Gasteiger charge is 2.13. The van der Waals surface area contributed by atoms with E-state index in [0.717, 1.165) is 30.3 Å². The normalized spacial score (nSPS) is 10.3. The van der Waals surface area contributed by atoms with Crippen molar-refractivity contribution in [2.45, 2.75) is 0 Å². The Bertz CT molecular complexity index is 656. The average Bonchev–Trinajstić information content (AvgIpc) is 2.42. The molecule has 110 valence electrons. The highest BCUT2D eigenvalue weighted by atomic mass is 19.1. The number of hydrogen-bond donors (Lipinski definition) is 1. The van der Waals surface area contributed by atoms with E-state index in [1.165, 1.54) is 0 Å². The standard InChI is InChI=1S/C14H9F4NO2/c15-8-4-5-12(11(18)6-8)21-7-13(20)19-14-9(16)2-1-3-10(14)17/h1-6H,7H2,(H,19,20). The molecule has 0 unspecified atom stereocenters. The van der Waals surface area contributed by atoms with Crippen LogP contribution in [0.25, 0.3) is 0 Å². The first kappa shape index (κ1) is 14.8. The molecule has 0 aromatic heterocycles. The van der Waals surface area contributed by atoms with Gasteiger partial charge in [-0.25, -0.2) is 17.6 Å². The lowest BCUT2D eigenvalue weighted by Crippen LogP contribution is -2.21. The molecular weight excluding hydrogens is 290 g/mol. The SMILES string of the molecule is O=C(COc1ccc(F)cc1F)Nc1c(F)cccc1F. The largest absolute Gasteiger partial charge is 0.481 e. The van der Waals surface area contributed by atoms with Crippen LogP contribution in [0.1, 0.15) is 0 Å². The molecule has 0 atom stereocenters. The molecule has 0 saturated carbocycles. The fourth-order valence-electron chi connectivity index (χ4n) is 1.53. The molecule has 7 heteroatoms. The minimum absolute atomic E-state index is 0.347. The number of benzene rings is 2. The lowest BCUT2D eigenvalue weighted by Gasteiger charge is -2.09. The van der Waals surface area contributed by atoms with Crippen molar-refractivity contribution in [2.24, 2.45) is 0 Å². The van der Waals surface area contributed by atoms with Gasteiger partial charge in [-0.15, -0.1) is 0 Å². The van der Waals surface area contributed by atoms with Gasteiger partial charge in [0, 0.05) is 6.07 Å². The van der Waals surface area contributed by atoms with Crippen LogP contribution >= 0.6 is 0 Å². The number of hydrogen-bond acceptors (Lipinski definition) is 2. The van der Waals surface area contributed by atoms with Crippen LogP contribution in [0.4, 0.5) is 23.2 Å². The van der Waals surface area contributed by atoms with Crippen molar-refractivity contribution in [3.05, 3.63) is 59.7 Å². The van der Waals surface area contributed by atoms with Gasteiger partial charge in [0.15, 0.2) is 18.2 Å². The molecule has 0 saturated heterocycles. The van der Waals surface area contributed by atoms with Crippen molar-refractivity contribution in [1.82, 2.24) is 0 Å². The third-order valence-corrected chi connectivity index (χ3v) is 2.48. The highest BCUT2D eigenvalue weighted by molar-refractivity contribution is 5.92. The molecule has 0 aliphatic heterocycles. The third kappa shape index (κ3) is 3.71. The lowest BCUT2D eigenvalue weighted by molar-refractivity contribution is -0.118. The fraction of sp³-hybridized carbons (Fsp3) is 0.0714. The smallest absolute Gasteiger partial charge is 0.262 e. The van der Waals surface area contributed by atoms with Crippen molar-refractivity contribution < 1.29 is 27.1 Å². The summed E-state index contributed by atoms with van der Waals surface area (Å²) in [4.78, 5) is 11.5. The molecule has 1 N–H and O–H groups in total. The summed E-state index contributed by atoms with van der Waals surface area (Å²) in [6.45, 7) is -0.684. The quantitative estimate of drug-likeness (QED) is 0.880. The molecule has 0 aliphatic carbocycles. The molecule has 3 nitrogen and oxygen atoms in total. The molecule has 0 bridgehead atoms. The van der Waals surface area contributed by atoms with Gasteiger partial charge < -0.3 is 10.1 Å². The summed E-state index contributed by atoms with van der Waals surface area (Å²) < 4.78 is 57.3. The van der Waals surface area contributed by atoms with Gasteiger partial charge in [0.25, 0.3) is 5.91 Å². The number of amides is 1. The Morgan fingerprint density at radius 1 is 1.00 bits per heavy atom. The Labute approximate surface area is 117 Å². The molecule has 2 aromatic rings. The second-order valence-electron chi connectivity index (χ2n) is 4.01. The van der Waals surface area contributed by atoms with Crippen molar-refractivity contribution in [3.63, 3.8) is 0 Å². The molecule has 0 heterocycles. The second kappa shape index (κ2) is 6.25. The van der Waals surface area contributed by atoms with Crippen molar-refractivity contribution in [1.29, 1.82) is 0 Å². The summed E-state index contributed by atoms with van der Waals surface area (Å²) in [5, 5.41) is 1.97. The van der Waals surface area contributed by atoms with Crippen LogP contribution in [-0.4, -0.2) is 12.5 Å². The van der Waals surface area contributed by atoms with Crippen LogP contribution < -0.4 is 10.1 Å². The lowest BCUT2D eigenvalue weighted by atomic mass is 10.3. The Morgan fingerprint density at radius 3 is 2.29 bits per heavy atom. The summed E-state index contributed by atoms with van der Waals surface area (Å²) in [6, 6.07) is 5.63. The first-order valence-electron chi connectivity index (χ1n) is 5.79. The predicted octanol–water partition coefficient (Wildman–Crippen LogP) is 3.26. The summed E-state index contributed by atoms with van der Waals surface area (Å²) in [5.41, 5.74) is -0.620. The van der Waals surface area contributed by atoms with E-state index in [-0.39, 0.29) is 5.75 Å². The zero-order valence-electron chi connectivity index (χ0n) is 10.5. The highest BCUT2D eigenvalue weighted by Crippen LogP contribution is 2.19. The molecule has 0 aliphatic rings. The predicted molar refractivity (Wildman–Crippen MR) is 66.8 cm³/mol. The number of carbonyl (C=O) groups is 1. The zero-order valence-corrected chi connectivity index (χ0v) is 10.5. The van der Waals surface area contributed by atoms with Gasteiger partial charge >= 0.3 is 0 Å². The van der Waals surface area contributed by atoms with Gasteiger partial charge in [0.2, 0.25) is 0 Å². The minimum atomic E-state index is -0.986. The number of anilines is 1. The van der Waals surface area contributed by atoms with E-state index < -0.39 is 41.5 Å². The van der Waals surface area contributed by atoms with Crippen molar-refractivity contribution in [3.8, 4) is 5.75 Å². The average molecular weight is 299 g/mol. The maximum atomic E-state index is 13.3. The Balaban J connectivity index is 1.99. The van der Waals surface area contributed by atoms with Gasteiger partial charge in [-0.05, 0) is 24.3 Å². The summed E-state index contributed by atoms with van der Waals surface area (Å²) in [5.74, 6) is -4.91. The molecule has 0 radical (unpaired) electrons. The van der Waals surface area contributed by atoms with Gasteiger partial charge in [-0.2, -0.15) is 0 Å². The summed E-state index contributed by atoms with van der Waals surface area (Å²) in [6.07, 6.45) is 0. The fourth-order valence-corrected chi connectivity index (χ4v) is 1.53. The minimum Gasteiger partial charge on any atom is -0.481 e. The van der Waals surface area contributed by atoms with Gasteiger partial charge in [0.1, 0.15) is 23.1 Å². The number of ether oxygens (including phenoxy) is 1. The van der Waals surface area contributed by atoms with E-state index >= 15 is 0 Å². The molecule has 1 amide bonds. The van der Waals surface area contributed by atoms with Gasteiger partial charge in [-0.1, -0.05) is 6.07 Å². The number of halogens is 4. The summed E-state index contributed by atoms with van der Waals surface area (Å²) in [7, 11) is 0. The van der Waals surface area contributed by atoms with Crippen LogP contribution in [0.2, 0.25) is 0 Å². The van der Waals surface area contributed by atoms with Gasteiger partial charge in [-0.3, -0.25) is 4.79 Å². The maximum Gasteiger partial charge on any atom is 0.262 e. The van der Waals surface area contributed by atoms with Crippen molar-refractivity contribution >= 4 is 11.6 Å². The van der Waals surface area contributed by atoms with Crippen LogP contribution in [0.5, 0.6) is 5.75 Å². The van der Waals surface area contributed by atoms with E-state index in [0.29, 0.717) is 6.07 Å². The Kier molecular flexibility index (Phi) is 4.42. The van der Waals surface area contributed by atoms with Crippen LogP contribution in [0.3, 0.4) is 0 Å². The Hall–Kier alpha value is -2.57. The molecule has 2 rings (SSSR count). The Morgan fingerprint density at radius 2 is 1.67 bits per heavy atom. The second-order valence-corrected chi connectivity index (χ2v) is 4.01. The van der Waals surface area contributed by atoms with Crippen molar-refractivity contribution in [2.75, 3.05) is 11.9 Å². The van der Waals surface area contributed by atoms with E-state index in [1.54, 1.807) is 0 Å². The molecule has 21 heavy (non-hydrogen) atoms. The van der Waals surface area contributed by atoms with Crippen LogP contribution in [0.15, 0.2) is 36.4 Å². The van der Waals surface area contributed by atoms with Gasteiger partial charge in [0.05, 0.1) is 0 Å². The summed E-state index contributed by atoms with van der Waals surface area (Å²) >= 11 is 0. The van der Waals surface area contributed by atoms with E-state index in [2.05, 4.69) is 0 Å². The molecule has 2 aromatic carbocycles. The number of rotatable bonds is 4. The number of nitrogens with one attached hydrogen (secondary N) is 1.